The lowest BCUT2D eigenvalue weighted by Crippen LogP contribution is -1.88. The van der Waals surface area contributed by atoms with Crippen LogP contribution < -0.4 is 0 Å². The first-order chi connectivity index (χ1) is 6.36. The summed E-state index contributed by atoms with van der Waals surface area (Å²) in [5.41, 5.74) is 2.82. The lowest BCUT2D eigenvalue weighted by molar-refractivity contribution is 1.05. The molecule has 0 aliphatic heterocycles. The van der Waals surface area contributed by atoms with Crippen LogP contribution in [0.25, 0.3) is 5.57 Å². The molecule has 1 aromatic rings. The Morgan fingerprint density at radius 3 is 2.31 bits per heavy atom. The molecular weight excluding hydrogens is 271 g/mol. The van der Waals surface area contributed by atoms with E-state index in [9.17, 15) is 0 Å². The second-order valence-electron chi connectivity index (χ2n) is 3.17. The summed E-state index contributed by atoms with van der Waals surface area (Å²) < 4.78 is 1.46. The fourth-order valence-corrected chi connectivity index (χ4v) is 1.95. The summed E-state index contributed by atoms with van der Waals surface area (Å²) in [7, 11) is 0. The molecule has 1 heteroatoms. The van der Waals surface area contributed by atoms with Crippen LogP contribution in [-0.2, 0) is 0 Å². The minimum Gasteiger partial charge on any atom is -0.0622 e. The maximum atomic E-state index is 2.40. The number of rotatable bonds is 1. The third-order valence-electron chi connectivity index (χ3n) is 2.24. The van der Waals surface area contributed by atoms with E-state index in [4.69, 9.17) is 0 Å². The van der Waals surface area contributed by atoms with E-state index in [1.165, 1.54) is 27.6 Å². The molecule has 0 amide bonds. The van der Waals surface area contributed by atoms with Gasteiger partial charge in [0.15, 0.2) is 0 Å². The fourth-order valence-electron chi connectivity index (χ4n) is 1.50. The number of hydrogen-bond donors (Lipinski definition) is 0. The van der Waals surface area contributed by atoms with Crippen molar-refractivity contribution in [2.45, 2.75) is 12.8 Å². The molecule has 0 fully saturated rings. The molecular formula is C12H11I. The van der Waals surface area contributed by atoms with E-state index in [-0.39, 0.29) is 0 Å². The average Bonchev–Trinajstić information content (AvgIpc) is 2.20. The first-order valence-electron chi connectivity index (χ1n) is 4.47. The van der Waals surface area contributed by atoms with E-state index in [1.54, 1.807) is 0 Å². The Labute approximate surface area is 92.5 Å². The molecule has 0 saturated carbocycles. The van der Waals surface area contributed by atoms with Crippen LogP contribution in [0, 0.1) is 0 Å². The van der Waals surface area contributed by atoms with Gasteiger partial charge in [-0.2, -0.15) is 0 Å². The molecule has 0 spiro atoms. The molecule has 0 heterocycles. The zero-order valence-corrected chi connectivity index (χ0v) is 9.49. The zero-order valence-electron chi connectivity index (χ0n) is 7.33. The highest BCUT2D eigenvalue weighted by molar-refractivity contribution is 14.1. The summed E-state index contributed by atoms with van der Waals surface area (Å²) in [6, 6.07) is 10.6. The molecule has 1 aliphatic carbocycles. The van der Waals surface area contributed by atoms with Gasteiger partial charge in [0.25, 0.3) is 0 Å². The van der Waals surface area contributed by atoms with Crippen LogP contribution in [0.15, 0.2) is 46.1 Å². The number of allylic oxidation sites excluding steroid dienone is 4. The standard InChI is InChI=1S/C12H11I/c13-12-8-6-11(7-9-12)10-4-2-1-3-5-10/h1-6,8H,7,9H2. The van der Waals surface area contributed by atoms with Gasteiger partial charge in [0.2, 0.25) is 0 Å². The van der Waals surface area contributed by atoms with Crippen molar-refractivity contribution < 1.29 is 0 Å². The van der Waals surface area contributed by atoms with Crippen molar-refractivity contribution in [3.05, 3.63) is 51.6 Å². The Kier molecular flexibility index (Phi) is 2.83. The normalized spacial score (nSPS) is 16.4. The van der Waals surface area contributed by atoms with Gasteiger partial charge < -0.3 is 0 Å². The maximum absolute atomic E-state index is 2.40. The number of halogens is 1. The van der Waals surface area contributed by atoms with E-state index in [0.29, 0.717) is 0 Å². The minimum atomic E-state index is 1.18. The first kappa shape index (κ1) is 9.00. The lowest BCUT2D eigenvalue weighted by atomic mass is 9.98. The summed E-state index contributed by atoms with van der Waals surface area (Å²) in [5.74, 6) is 0. The van der Waals surface area contributed by atoms with Gasteiger partial charge in [-0.3, -0.25) is 0 Å². The van der Waals surface area contributed by atoms with Crippen molar-refractivity contribution in [2.75, 3.05) is 0 Å². The third-order valence-corrected chi connectivity index (χ3v) is 3.14. The van der Waals surface area contributed by atoms with Gasteiger partial charge in [-0.15, -0.1) is 0 Å². The second kappa shape index (κ2) is 4.09. The Bertz CT molecular complexity index is 347. The van der Waals surface area contributed by atoms with Crippen molar-refractivity contribution in [1.29, 1.82) is 0 Å². The van der Waals surface area contributed by atoms with Crippen molar-refractivity contribution in [2.24, 2.45) is 0 Å². The van der Waals surface area contributed by atoms with Gasteiger partial charge >= 0.3 is 0 Å². The second-order valence-corrected chi connectivity index (χ2v) is 4.56. The summed E-state index contributed by atoms with van der Waals surface area (Å²) >= 11 is 2.40. The number of hydrogen-bond acceptors (Lipinski definition) is 0. The molecule has 0 nitrogen and oxygen atoms in total. The van der Waals surface area contributed by atoms with Gasteiger partial charge in [0.05, 0.1) is 0 Å². The third kappa shape index (κ3) is 2.21. The van der Waals surface area contributed by atoms with Crippen molar-refractivity contribution in [1.82, 2.24) is 0 Å². The molecule has 2 rings (SSSR count). The summed E-state index contributed by atoms with van der Waals surface area (Å²) in [5, 5.41) is 0. The van der Waals surface area contributed by atoms with E-state index in [1.807, 2.05) is 0 Å². The van der Waals surface area contributed by atoms with E-state index >= 15 is 0 Å². The van der Waals surface area contributed by atoms with Gasteiger partial charge in [-0.1, -0.05) is 42.5 Å². The molecule has 0 saturated heterocycles. The van der Waals surface area contributed by atoms with E-state index in [2.05, 4.69) is 65.1 Å². The Balaban J connectivity index is 2.29. The quantitative estimate of drug-likeness (QED) is 0.678. The minimum absolute atomic E-state index is 1.18. The van der Waals surface area contributed by atoms with Crippen LogP contribution in [-0.4, -0.2) is 0 Å². The molecule has 0 unspecified atom stereocenters. The highest BCUT2D eigenvalue weighted by Gasteiger charge is 2.05. The Hall–Kier alpha value is -0.570. The first-order valence-corrected chi connectivity index (χ1v) is 5.55. The molecule has 0 N–H and O–H groups in total. The highest BCUT2D eigenvalue weighted by Crippen LogP contribution is 2.28. The summed E-state index contributed by atoms with van der Waals surface area (Å²) in [4.78, 5) is 0. The molecule has 0 radical (unpaired) electrons. The van der Waals surface area contributed by atoms with Gasteiger partial charge in [0.1, 0.15) is 0 Å². The average molecular weight is 282 g/mol. The van der Waals surface area contributed by atoms with Crippen molar-refractivity contribution in [3.63, 3.8) is 0 Å². The van der Waals surface area contributed by atoms with Crippen molar-refractivity contribution >= 4 is 28.2 Å². The van der Waals surface area contributed by atoms with Gasteiger partial charge in [-0.25, -0.2) is 0 Å². The van der Waals surface area contributed by atoms with Crippen LogP contribution in [0.4, 0.5) is 0 Å². The summed E-state index contributed by atoms with van der Waals surface area (Å²) in [6.45, 7) is 0. The Morgan fingerprint density at radius 1 is 0.923 bits per heavy atom. The topological polar surface area (TPSA) is 0 Å². The highest BCUT2D eigenvalue weighted by atomic mass is 127. The fraction of sp³-hybridized carbons (Fsp3) is 0.167. The molecule has 1 aromatic carbocycles. The lowest BCUT2D eigenvalue weighted by Gasteiger charge is -2.10. The van der Waals surface area contributed by atoms with E-state index in [0.717, 1.165) is 0 Å². The SMILES string of the molecule is IC1=CC=C(c2ccccc2)CC1. The smallest absolute Gasteiger partial charge is 0.00906 e. The zero-order chi connectivity index (χ0) is 9.10. The predicted molar refractivity (Wildman–Crippen MR) is 65.8 cm³/mol. The van der Waals surface area contributed by atoms with Gasteiger partial charge in [0, 0.05) is 0 Å². The Morgan fingerprint density at radius 2 is 1.69 bits per heavy atom. The van der Waals surface area contributed by atoms with Gasteiger partial charge in [-0.05, 0) is 50.1 Å². The summed E-state index contributed by atoms with van der Waals surface area (Å²) in [6.07, 6.45) is 6.83. The molecule has 13 heavy (non-hydrogen) atoms. The van der Waals surface area contributed by atoms with Crippen LogP contribution in [0.5, 0.6) is 0 Å². The molecule has 1 aliphatic rings. The van der Waals surface area contributed by atoms with Crippen molar-refractivity contribution in [3.8, 4) is 0 Å². The largest absolute Gasteiger partial charge is 0.0622 e. The molecule has 0 bridgehead atoms. The predicted octanol–water partition coefficient (Wildman–Crippen LogP) is 4.18. The number of benzene rings is 1. The maximum Gasteiger partial charge on any atom is -0.00906 e. The van der Waals surface area contributed by atoms with Crippen LogP contribution in [0.1, 0.15) is 18.4 Å². The van der Waals surface area contributed by atoms with Crippen LogP contribution >= 0.6 is 22.6 Å². The molecule has 0 aromatic heterocycles. The van der Waals surface area contributed by atoms with E-state index < -0.39 is 0 Å². The molecule has 0 atom stereocenters. The monoisotopic (exact) mass is 282 g/mol. The van der Waals surface area contributed by atoms with Crippen LogP contribution in [0.2, 0.25) is 0 Å². The molecule has 66 valence electrons. The van der Waals surface area contributed by atoms with Crippen LogP contribution in [0.3, 0.4) is 0 Å².